The minimum atomic E-state index is -1.72. The van der Waals surface area contributed by atoms with Crippen LogP contribution in [0.3, 0.4) is 0 Å². The molecule has 3 aliphatic carbocycles. The second-order valence-corrected chi connectivity index (χ2v) is 18.4. The Bertz CT molecular complexity index is 1650. The standard InChI is InChI=1S/C43H63NO11/c1-11-12-13-17-20-30(46)54-34(32(26-18-15-14-16-19-26)44-38(50)55-39(4,5)6)37(49)53-27-22-43(51)25(3)35-41(9)23-52-29(41)21-28(45)42(35,10)36(48)33(47)31(24(27)2)40(43,7)8/h14-16,18-19,25,27-29,32-35,45,47,51H,11-13,17,20-23H2,1-10H3,(H,44,50)/t25-,27-,28-,29+,32-,33+,34+,35?,41+,42+,43+/m0/s1. The van der Waals surface area contributed by atoms with E-state index < -0.39 is 93.6 Å². The summed E-state index contributed by atoms with van der Waals surface area (Å²) < 4.78 is 23.6. The number of aliphatic hydroxyl groups is 3. The number of ketones is 1. The SMILES string of the molecule is CCCCCCC(=O)O[C@@H](C(=O)O[C@H]1C[C@@]2(O)[C@@H](C)C3[C@]4(C)CO[C@@H]4C[C@H](O)[C@@]3(C)C(=O)[C@H](O)C(=C1C)C2(C)C)[C@@H](NC(=O)OC(C)(C)C)c1ccccc1. The molecule has 1 unspecified atom stereocenters. The number of carbonyl (C=O) groups excluding carboxylic acids is 4. The monoisotopic (exact) mass is 769 g/mol. The molecule has 0 aromatic heterocycles. The lowest BCUT2D eigenvalue weighted by molar-refractivity contribution is -0.302. The van der Waals surface area contributed by atoms with Crippen molar-refractivity contribution >= 4 is 23.8 Å². The molecule has 1 aliphatic heterocycles. The van der Waals surface area contributed by atoms with Crippen molar-refractivity contribution in [2.75, 3.05) is 6.61 Å². The van der Waals surface area contributed by atoms with Crippen LogP contribution in [-0.4, -0.2) is 87.5 Å². The fourth-order valence-corrected chi connectivity index (χ4v) is 10.4. The van der Waals surface area contributed by atoms with E-state index in [0.29, 0.717) is 24.2 Å². The molecule has 12 heteroatoms. The van der Waals surface area contributed by atoms with Gasteiger partial charge in [-0.15, -0.1) is 0 Å². The molecule has 2 bridgehead atoms. The van der Waals surface area contributed by atoms with Crippen LogP contribution in [0.5, 0.6) is 0 Å². The molecule has 1 aromatic carbocycles. The maximum atomic E-state index is 14.6. The van der Waals surface area contributed by atoms with E-state index in [4.69, 9.17) is 18.9 Å². The van der Waals surface area contributed by atoms with Crippen molar-refractivity contribution in [1.29, 1.82) is 0 Å². The van der Waals surface area contributed by atoms with Gasteiger partial charge in [-0.3, -0.25) is 9.59 Å². The maximum absolute atomic E-state index is 14.6. The molecule has 2 saturated carbocycles. The van der Waals surface area contributed by atoms with Crippen LogP contribution in [0.2, 0.25) is 0 Å². The lowest BCUT2D eigenvalue weighted by Gasteiger charge is -2.68. The van der Waals surface area contributed by atoms with Crippen LogP contribution in [0.4, 0.5) is 4.79 Å². The molecule has 55 heavy (non-hydrogen) atoms. The molecule has 1 saturated heterocycles. The van der Waals surface area contributed by atoms with Gasteiger partial charge in [-0.25, -0.2) is 9.59 Å². The van der Waals surface area contributed by atoms with E-state index in [2.05, 4.69) is 12.2 Å². The lowest BCUT2D eigenvalue weighted by Crippen LogP contribution is -2.75. The first-order chi connectivity index (χ1) is 25.5. The first kappa shape index (κ1) is 42.8. The van der Waals surface area contributed by atoms with Gasteiger partial charge in [0.15, 0.2) is 5.78 Å². The molecular formula is C43H63NO11. The van der Waals surface area contributed by atoms with Crippen molar-refractivity contribution < 1.29 is 53.4 Å². The Morgan fingerprint density at radius 2 is 1.69 bits per heavy atom. The number of alkyl carbamates (subject to hydrolysis) is 1. The van der Waals surface area contributed by atoms with Crippen molar-refractivity contribution in [3.05, 3.63) is 47.0 Å². The zero-order valence-electron chi connectivity index (χ0n) is 34.3. The summed E-state index contributed by atoms with van der Waals surface area (Å²) in [6, 6.07) is 7.37. The highest BCUT2D eigenvalue weighted by Gasteiger charge is 2.73. The van der Waals surface area contributed by atoms with E-state index in [1.165, 1.54) is 0 Å². The minimum absolute atomic E-state index is 0.0411. The first-order valence-corrected chi connectivity index (χ1v) is 19.9. The van der Waals surface area contributed by atoms with Gasteiger partial charge in [-0.05, 0) is 69.6 Å². The predicted octanol–water partition coefficient (Wildman–Crippen LogP) is 5.90. The number of ether oxygens (including phenoxy) is 4. The summed E-state index contributed by atoms with van der Waals surface area (Å²) >= 11 is 0. The van der Waals surface area contributed by atoms with Gasteiger partial charge < -0.3 is 39.6 Å². The molecule has 306 valence electrons. The van der Waals surface area contributed by atoms with Gasteiger partial charge in [0, 0.05) is 30.1 Å². The molecule has 0 radical (unpaired) electrons. The summed E-state index contributed by atoms with van der Waals surface area (Å²) in [5.74, 6) is -3.45. The molecule has 4 aliphatic rings. The number of unbranched alkanes of at least 4 members (excludes halogenated alkanes) is 3. The minimum Gasteiger partial charge on any atom is -0.455 e. The average molecular weight is 770 g/mol. The van der Waals surface area contributed by atoms with Crippen molar-refractivity contribution in [1.82, 2.24) is 5.32 Å². The molecule has 0 spiro atoms. The number of benzene rings is 1. The van der Waals surface area contributed by atoms with Gasteiger partial charge in [0.25, 0.3) is 0 Å². The molecule has 4 N–H and O–H groups in total. The van der Waals surface area contributed by atoms with Gasteiger partial charge >= 0.3 is 18.0 Å². The molecule has 1 aromatic rings. The van der Waals surface area contributed by atoms with Gasteiger partial charge in [0.2, 0.25) is 6.10 Å². The molecule has 1 amide bonds. The second-order valence-electron chi connectivity index (χ2n) is 18.4. The molecule has 1 heterocycles. The number of hydrogen-bond donors (Lipinski definition) is 4. The van der Waals surface area contributed by atoms with E-state index in [-0.39, 0.29) is 30.9 Å². The number of Topliss-reactive ketones (excluding diaryl/α,β-unsaturated/α-hetero) is 1. The Balaban J connectivity index is 1.57. The van der Waals surface area contributed by atoms with Gasteiger partial charge in [-0.2, -0.15) is 0 Å². The third-order valence-corrected chi connectivity index (χ3v) is 13.4. The smallest absolute Gasteiger partial charge is 0.408 e. The zero-order chi connectivity index (χ0) is 40.9. The number of aliphatic hydroxyl groups excluding tert-OH is 2. The molecule has 12 nitrogen and oxygen atoms in total. The van der Waals surface area contributed by atoms with Crippen LogP contribution in [-0.2, 0) is 33.3 Å². The highest BCUT2D eigenvalue weighted by molar-refractivity contribution is 5.93. The topological polar surface area (TPSA) is 178 Å². The number of nitrogens with one attached hydrogen (secondary N) is 1. The number of fused-ring (bicyclic) bond motifs is 5. The summed E-state index contributed by atoms with van der Waals surface area (Å²) in [5, 5.41) is 39.5. The van der Waals surface area contributed by atoms with E-state index in [0.717, 1.165) is 19.3 Å². The number of hydrogen-bond acceptors (Lipinski definition) is 11. The number of esters is 2. The quantitative estimate of drug-likeness (QED) is 0.0913. The molecule has 5 rings (SSSR count). The Kier molecular flexibility index (Phi) is 12.1. The van der Waals surface area contributed by atoms with Crippen LogP contribution >= 0.6 is 0 Å². The number of amides is 1. The normalized spacial score (nSPS) is 35.1. The van der Waals surface area contributed by atoms with Crippen LogP contribution < -0.4 is 5.32 Å². The van der Waals surface area contributed by atoms with E-state index in [1.807, 2.05) is 13.8 Å². The van der Waals surface area contributed by atoms with Crippen LogP contribution in [0.25, 0.3) is 0 Å². The first-order valence-electron chi connectivity index (χ1n) is 19.9. The third kappa shape index (κ3) is 7.60. The van der Waals surface area contributed by atoms with Gasteiger partial charge in [-0.1, -0.05) is 84.2 Å². The summed E-state index contributed by atoms with van der Waals surface area (Å²) in [5.41, 5.74) is -4.66. The lowest BCUT2D eigenvalue weighted by atomic mass is 9.40. The number of carbonyl (C=O) groups is 4. The largest absolute Gasteiger partial charge is 0.455 e. The Labute approximate surface area is 325 Å². The Hall–Kier alpha value is -3.32. The number of rotatable bonds is 11. The molecule has 3 fully saturated rings. The van der Waals surface area contributed by atoms with Crippen LogP contribution in [0.15, 0.2) is 41.5 Å². The summed E-state index contributed by atoms with van der Waals surface area (Å²) in [6.45, 7) is 18.3. The fraction of sp³-hybridized carbons (Fsp3) is 0.721. The van der Waals surface area contributed by atoms with Crippen molar-refractivity contribution in [2.45, 2.75) is 162 Å². The van der Waals surface area contributed by atoms with E-state index >= 15 is 0 Å². The highest BCUT2D eigenvalue weighted by atomic mass is 16.6. The van der Waals surface area contributed by atoms with Gasteiger partial charge in [0.05, 0.1) is 29.8 Å². The summed E-state index contributed by atoms with van der Waals surface area (Å²) in [4.78, 5) is 55.9. The molecular weight excluding hydrogens is 706 g/mol. The van der Waals surface area contributed by atoms with Crippen molar-refractivity contribution in [3.63, 3.8) is 0 Å². The van der Waals surface area contributed by atoms with Gasteiger partial charge in [0.1, 0.15) is 23.9 Å². The van der Waals surface area contributed by atoms with E-state index in [9.17, 15) is 34.5 Å². The van der Waals surface area contributed by atoms with Crippen LogP contribution in [0.1, 0.15) is 126 Å². The highest BCUT2D eigenvalue weighted by Crippen LogP contribution is 2.66. The summed E-state index contributed by atoms with van der Waals surface area (Å²) in [7, 11) is 0. The molecule has 11 atom stereocenters. The Morgan fingerprint density at radius 3 is 2.27 bits per heavy atom. The third-order valence-electron chi connectivity index (χ3n) is 13.4. The van der Waals surface area contributed by atoms with Crippen molar-refractivity contribution in [3.8, 4) is 0 Å². The van der Waals surface area contributed by atoms with E-state index in [1.54, 1.807) is 78.8 Å². The average Bonchev–Trinajstić information content (AvgIpc) is 3.10. The fourth-order valence-electron chi connectivity index (χ4n) is 10.4. The predicted molar refractivity (Wildman–Crippen MR) is 203 cm³/mol. The van der Waals surface area contributed by atoms with Crippen molar-refractivity contribution in [2.24, 2.45) is 28.1 Å². The summed E-state index contributed by atoms with van der Waals surface area (Å²) in [6.07, 6.45) is -3.45. The maximum Gasteiger partial charge on any atom is 0.408 e. The van der Waals surface area contributed by atoms with Crippen LogP contribution in [0, 0.1) is 28.1 Å². The zero-order valence-corrected chi connectivity index (χ0v) is 34.3. The Morgan fingerprint density at radius 1 is 1.04 bits per heavy atom. The second kappa shape index (κ2) is 15.6.